The van der Waals surface area contributed by atoms with Crippen molar-refractivity contribution in [2.45, 2.75) is 19.4 Å². The Labute approximate surface area is 144 Å². The number of hydrogen-bond acceptors (Lipinski definition) is 3. The van der Waals surface area contributed by atoms with Crippen LogP contribution in [0, 0.1) is 6.92 Å². The molecule has 3 aromatic rings. The van der Waals surface area contributed by atoms with Gasteiger partial charge in [0.05, 0.1) is 22.8 Å². The highest BCUT2D eigenvalue weighted by atomic mass is 35.5. The van der Waals surface area contributed by atoms with Crippen LogP contribution in [-0.2, 0) is 0 Å². The molecule has 24 heavy (non-hydrogen) atoms. The molecule has 1 aliphatic rings. The third-order valence-electron chi connectivity index (χ3n) is 4.47. The molecule has 1 amide bonds. The maximum Gasteiger partial charge on any atom is 0.253 e. The molecule has 5 nitrogen and oxygen atoms in total. The summed E-state index contributed by atoms with van der Waals surface area (Å²) in [6.45, 7) is 3.34. The topological polar surface area (TPSA) is 51.0 Å². The van der Waals surface area contributed by atoms with Gasteiger partial charge in [-0.05, 0) is 37.6 Å². The van der Waals surface area contributed by atoms with Crippen LogP contribution in [0.15, 0.2) is 42.7 Å². The second kappa shape index (κ2) is 5.91. The van der Waals surface area contributed by atoms with Crippen LogP contribution in [-0.4, -0.2) is 38.7 Å². The zero-order chi connectivity index (χ0) is 16.7. The number of rotatable bonds is 2. The van der Waals surface area contributed by atoms with Gasteiger partial charge < -0.3 is 4.90 Å². The monoisotopic (exact) mass is 340 g/mol. The first kappa shape index (κ1) is 15.1. The molecule has 122 valence electrons. The number of carbonyl (C=O) groups is 1. The number of benzene rings is 1. The molecule has 6 heteroatoms. The molecule has 3 heterocycles. The number of hydrogen-bond donors (Lipinski definition) is 0. The average molecular weight is 341 g/mol. The molecule has 0 saturated carbocycles. The van der Waals surface area contributed by atoms with E-state index in [-0.39, 0.29) is 11.9 Å². The maximum atomic E-state index is 12.8. The minimum Gasteiger partial charge on any atom is -0.336 e. The van der Waals surface area contributed by atoms with E-state index in [1.165, 1.54) is 0 Å². The van der Waals surface area contributed by atoms with Crippen LogP contribution in [0.4, 0.5) is 0 Å². The number of nitrogens with zero attached hydrogens (tertiary/aromatic N) is 4. The molecule has 1 unspecified atom stereocenters. The largest absolute Gasteiger partial charge is 0.336 e. The van der Waals surface area contributed by atoms with Crippen molar-refractivity contribution >= 4 is 28.4 Å². The van der Waals surface area contributed by atoms with Crippen molar-refractivity contribution in [1.82, 2.24) is 19.7 Å². The Morgan fingerprint density at radius 3 is 2.96 bits per heavy atom. The van der Waals surface area contributed by atoms with E-state index in [1.807, 2.05) is 53.0 Å². The fourth-order valence-electron chi connectivity index (χ4n) is 3.20. The van der Waals surface area contributed by atoms with E-state index in [0.29, 0.717) is 17.1 Å². The first-order valence-corrected chi connectivity index (χ1v) is 8.34. The van der Waals surface area contributed by atoms with Gasteiger partial charge in [-0.3, -0.25) is 14.5 Å². The van der Waals surface area contributed by atoms with Crippen molar-refractivity contribution in [3.8, 4) is 0 Å². The van der Waals surface area contributed by atoms with Gasteiger partial charge in [0.1, 0.15) is 0 Å². The Morgan fingerprint density at radius 2 is 2.17 bits per heavy atom. The summed E-state index contributed by atoms with van der Waals surface area (Å²) < 4.78 is 1.85. The van der Waals surface area contributed by atoms with Crippen molar-refractivity contribution in [2.24, 2.45) is 0 Å². The Hall–Kier alpha value is -2.40. The van der Waals surface area contributed by atoms with Gasteiger partial charge in [0.2, 0.25) is 0 Å². The molecular weight excluding hydrogens is 324 g/mol. The molecule has 2 aromatic heterocycles. The highest BCUT2D eigenvalue weighted by Gasteiger charge is 2.28. The van der Waals surface area contributed by atoms with E-state index in [0.717, 1.165) is 29.6 Å². The van der Waals surface area contributed by atoms with Gasteiger partial charge in [-0.25, -0.2) is 0 Å². The third-order valence-corrected chi connectivity index (χ3v) is 4.67. The number of halogens is 1. The summed E-state index contributed by atoms with van der Waals surface area (Å²) in [4.78, 5) is 19.1. The maximum absolute atomic E-state index is 12.8. The lowest BCUT2D eigenvalue weighted by atomic mass is 10.1. The lowest BCUT2D eigenvalue weighted by molar-refractivity contribution is 0.0787. The first-order valence-electron chi connectivity index (χ1n) is 7.96. The summed E-state index contributed by atoms with van der Waals surface area (Å²) in [5, 5.41) is 5.86. The van der Waals surface area contributed by atoms with Gasteiger partial charge in [-0.2, -0.15) is 5.10 Å². The first-order chi connectivity index (χ1) is 11.6. The molecule has 1 atom stereocenters. The average Bonchev–Trinajstić information content (AvgIpc) is 3.22. The molecule has 1 aromatic carbocycles. The van der Waals surface area contributed by atoms with E-state index in [9.17, 15) is 4.79 Å². The minimum atomic E-state index is 0.0539. The summed E-state index contributed by atoms with van der Waals surface area (Å²) in [6, 6.07) is 9.84. The van der Waals surface area contributed by atoms with E-state index >= 15 is 0 Å². The predicted octanol–water partition coefficient (Wildman–Crippen LogP) is 3.48. The van der Waals surface area contributed by atoms with Crippen molar-refractivity contribution in [3.63, 3.8) is 0 Å². The summed E-state index contributed by atoms with van der Waals surface area (Å²) in [7, 11) is 0. The normalized spacial score (nSPS) is 17.6. The van der Waals surface area contributed by atoms with Crippen LogP contribution in [0.1, 0.15) is 28.5 Å². The number of amides is 1. The molecule has 1 fully saturated rings. The zero-order valence-electron chi connectivity index (χ0n) is 13.3. The van der Waals surface area contributed by atoms with Crippen LogP contribution in [0.3, 0.4) is 0 Å². The standard InChI is InChI=1S/C18H17ClN4O/c1-12-2-3-13-8-14(4-5-17(13)21-12)18(24)22-7-6-16(11-22)23-10-15(19)9-20-23/h2-5,8-10,16H,6-7,11H2,1H3. The second-order valence-electron chi connectivity index (χ2n) is 6.19. The van der Waals surface area contributed by atoms with Crippen molar-refractivity contribution in [3.05, 3.63) is 59.0 Å². The summed E-state index contributed by atoms with van der Waals surface area (Å²) in [6.07, 6.45) is 4.33. The fourth-order valence-corrected chi connectivity index (χ4v) is 3.34. The summed E-state index contributed by atoms with van der Waals surface area (Å²) >= 11 is 5.93. The lowest BCUT2D eigenvalue weighted by Crippen LogP contribution is -2.29. The molecule has 1 aliphatic heterocycles. The molecule has 4 rings (SSSR count). The van der Waals surface area contributed by atoms with Crippen molar-refractivity contribution < 1.29 is 4.79 Å². The summed E-state index contributed by atoms with van der Waals surface area (Å²) in [5.74, 6) is 0.0539. The van der Waals surface area contributed by atoms with Crippen LogP contribution in [0.2, 0.25) is 5.02 Å². The number of carbonyl (C=O) groups excluding carboxylic acids is 1. The Kier molecular flexibility index (Phi) is 3.73. The van der Waals surface area contributed by atoms with E-state index < -0.39 is 0 Å². The molecule has 0 radical (unpaired) electrons. The highest BCUT2D eigenvalue weighted by Crippen LogP contribution is 2.24. The van der Waals surface area contributed by atoms with Gasteiger partial charge >= 0.3 is 0 Å². The number of pyridine rings is 1. The Morgan fingerprint density at radius 1 is 1.29 bits per heavy atom. The SMILES string of the molecule is Cc1ccc2cc(C(=O)N3CCC(n4cc(Cl)cn4)C3)ccc2n1. The fraction of sp³-hybridized carbons (Fsp3) is 0.278. The van der Waals surface area contributed by atoms with Crippen LogP contribution in [0.5, 0.6) is 0 Å². The second-order valence-corrected chi connectivity index (χ2v) is 6.63. The van der Waals surface area contributed by atoms with Crippen molar-refractivity contribution in [1.29, 1.82) is 0 Å². The number of aromatic nitrogens is 3. The predicted molar refractivity (Wildman–Crippen MR) is 93.3 cm³/mol. The molecular formula is C18H17ClN4O. The number of aryl methyl sites for hydroxylation is 1. The number of likely N-dealkylation sites (tertiary alicyclic amines) is 1. The Balaban J connectivity index is 1.54. The van der Waals surface area contributed by atoms with Crippen LogP contribution in [0.25, 0.3) is 10.9 Å². The summed E-state index contributed by atoms with van der Waals surface area (Å²) in [5.41, 5.74) is 2.59. The minimum absolute atomic E-state index is 0.0539. The zero-order valence-corrected chi connectivity index (χ0v) is 14.1. The van der Waals surface area contributed by atoms with Gasteiger partial charge in [0.15, 0.2) is 0 Å². The third kappa shape index (κ3) is 2.76. The van der Waals surface area contributed by atoms with E-state index in [1.54, 1.807) is 6.20 Å². The van der Waals surface area contributed by atoms with E-state index in [4.69, 9.17) is 11.6 Å². The van der Waals surface area contributed by atoms with Gasteiger partial charge in [0.25, 0.3) is 5.91 Å². The highest BCUT2D eigenvalue weighted by molar-refractivity contribution is 6.30. The quantitative estimate of drug-likeness (QED) is 0.717. The molecule has 0 bridgehead atoms. The molecule has 1 saturated heterocycles. The van der Waals surface area contributed by atoms with Crippen molar-refractivity contribution in [2.75, 3.05) is 13.1 Å². The van der Waals surface area contributed by atoms with Gasteiger partial charge in [-0.1, -0.05) is 17.7 Å². The smallest absolute Gasteiger partial charge is 0.253 e. The van der Waals surface area contributed by atoms with Gasteiger partial charge in [0, 0.05) is 35.9 Å². The molecule has 0 spiro atoms. The van der Waals surface area contributed by atoms with Crippen LogP contribution >= 0.6 is 11.6 Å². The molecule has 0 aliphatic carbocycles. The lowest BCUT2D eigenvalue weighted by Gasteiger charge is -2.17. The van der Waals surface area contributed by atoms with Crippen LogP contribution < -0.4 is 0 Å². The van der Waals surface area contributed by atoms with E-state index in [2.05, 4.69) is 10.1 Å². The Bertz CT molecular complexity index is 920. The number of fused-ring (bicyclic) bond motifs is 1. The van der Waals surface area contributed by atoms with Gasteiger partial charge in [-0.15, -0.1) is 0 Å². The molecule has 0 N–H and O–H groups in total.